The number of rotatable bonds is 3. The smallest absolute Gasteiger partial charge is 0.161 e. The van der Waals surface area contributed by atoms with Crippen molar-refractivity contribution in [3.8, 4) is 22.6 Å². The second-order valence-corrected chi connectivity index (χ2v) is 7.22. The maximum absolute atomic E-state index is 6.31. The number of nitrogens with one attached hydrogen (secondary N) is 1. The van der Waals surface area contributed by atoms with Crippen LogP contribution in [0.25, 0.3) is 22.0 Å². The summed E-state index contributed by atoms with van der Waals surface area (Å²) in [4.78, 5) is 8.93. The van der Waals surface area contributed by atoms with Crippen molar-refractivity contribution < 1.29 is 9.47 Å². The molecule has 0 saturated carbocycles. The van der Waals surface area contributed by atoms with E-state index in [0.29, 0.717) is 24.1 Å². The summed E-state index contributed by atoms with van der Waals surface area (Å²) in [5, 5.41) is 4.95. The van der Waals surface area contributed by atoms with E-state index in [1.54, 1.807) is 18.5 Å². The molecule has 144 valence electrons. The van der Waals surface area contributed by atoms with Gasteiger partial charge in [0.1, 0.15) is 18.7 Å². The normalized spacial score (nSPS) is 12.8. The molecule has 0 spiro atoms. The molecule has 4 aromatic rings. The van der Waals surface area contributed by atoms with Crippen molar-refractivity contribution in [1.82, 2.24) is 9.97 Å². The highest BCUT2D eigenvalue weighted by atomic mass is 35.5. The summed E-state index contributed by atoms with van der Waals surface area (Å²) in [6, 6.07) is 15.8. The van der Waals surface area contributed by atoms with Crippen LogP contribution >= 0.6 is 11.6 Å². The summed E-state index contributed by atoms with van der Waals surface area (Å²) in [6.45, 7) is 3.24. The molecular formula is C23H18ClN3O2. The van der Waals surface area contributed by atoms with E-state index in [1.807, 2.05) is 30.3 Å². The molecule has 3 heterocycles. The number of halogens is 1. The second-order valence-electron chi connectivity index (χ2n) is 6.81. The molecule has 5 rings (SSSR count). The monoisotopic (exact) mass is 403 g/mol. The number of anilines is 2. The average Bonchev–Trinajstić information content (AvgIpc) is 2.75. The Morgan fingerprint density at radius 3 is 2.66 bits per heavy atom. The van der Waals surface area contributed by atoms with E-state index < -0.39 is 0 Å². The lowest BCUT2D eigenvalue weighted by molar-refractivity contribution is 0.171. The number of benzene rings is 2. The zero-order valence-electron chi connectivity index (χ0n) is 15.8. The molecule has 5 nitrogen and oxygen atoms in total. The number of aromatic nitrogens is 2. The van der Waals surface area contributed by atoms with Crippen molar-refractivity contribution >= 4 is 34.0 Å². The maximum atomic E-state index is 6.31. The highest BCUT2D eigenvalue weighted by Crippen LogP contribution is 2.37. The Morgan fingerprint density at radius 1 is 0.931 bits per heavy atom. The summed E-state index contributed by atoms with van der Waals surface area (Å²) >= 11 is 6.31. The molecule has 2 aromatic heterocycles. The van der Waals surface area contributed by atoms with Gasteiger partial charge in [-0.1, -0.05) is 29.8 Å². The predicted molar refractivity (Wildman–Crippen MR) is 115 cm³/mol. The van der Waals surface area contributed by atoms with Gasteiger partial charge in [0.2, 0.25) is 0 Å². The number of hydrogen-bond donors (Lipinski definition) is 1. The first kappa shape index (κ1) is 17.8. The van der Waals surface area contributed by atoms with Crippen LogP contribution in [0.2, 0.25) is 5.02 Å². The third kappa shape index (κ3) is 3.23. The lowest BCUT2D eigenvalue weighted by atomic mass is 9.98. The molecule has 1 N–H and O–H groups in total. The van der Waals surface area contributed by atoms with Gasteiger partial charge in [0.25, 0.3) is 0 Å². The third-order valence-corrected chi connectivity index (χ3v) is 5.38. The van der Waals surface area contributed by atoms with Crippen LogP contribution in [0.4, 0.5) is 11.5 Å². The molecular weight excluding hydrogens is 386 g/mol. The molecule has 2 aromatic carbocycles. The first-order valence-electron chi connectivity index (χ1n) is 9.36. The number of fused-ring (bicyclic) bond motifs is 2. The van der Waals surface area contributed by atoms with E-state index in [0.717, 1.165) is 44.8 Å². The van der Waals surface area contributed by atoms with Crippen LogP contribution in [0.3, 0.4) is 0 Å². The molecule has 29 heavy (non-hydrogen) atoms. The summed E-state index contributed by atoms with van der Waals surface area (Å²) in [7, 11) is 0. The molecule has 1 aliphatic heterocycles. The van der Waals surface area contributed by atoms with Crippen LogP contribution in [0.5, 0.6) is 11.5 Å². The Morgan fingerprint density at radius 2 is 1.76 bits per heavy atom. The minimum absolute atomic E-state index is 0.569. The van der Waals surface area contributed by atoms with Gasteiger partial charge in [0.15, 0.2) is 17.3 Å². The van der Waals surface area contributed by atoms with Gasteiger partial charge in [-0.2, -0.15) is 0 Å². The SMILES string of the molecule is Cc1c(Nc2nccc3c(Cl)ccnc23)cccc1-c1ccc2c(c1)OCCO2. The summed E-state index contributed by atoms with van der Waals surface area (Å²) in [6.07, 6.45) is 3.42. The summed E-state index contributed by atoms with van der Waals surface area (Å²) < 4.78 is 11.4. The Labute approximate surface area is 173 Å². The molecule has 0 saturated heterocycles. The van der Waals surface area contributed by atoms with Crippen LogP contribution < -0.4 is 14.8 Å². The molecule has 0 unspecified atom stereocenters. The van der Waals surface area contributed by atoms with Gasteiger partial charge in [0.05, 0.1) is 5.02 Å². The first-order valence-corrected chi connectivity index (χ1v) is 9.74. The van der Waals surface area contributed by atoms with Crippen molar-refractivity contribution in [1.29, 1.82) is 0 Å². The fourth-order valence-electron chi connectivity index (χ4n) is 3.56. The van der Waals surface area contributed by atoms with E-state index >= 15 is 0 Å². The van der Waals surface area contributed by atoms with E-state index in [2.05, 4.69) is 34.3 Å². The van der Waals surface area contributed by atoms with Crippen molar-refractivity contribution in [2.24, 2.45) is 0 Å². The van der Waals surface area contributed by atoms with Crippen molar-refractivity contribution in [3.05, 3.63) is 71.5 Å². The molecule has 1 aliphatic rings. The quantitative estimate of drug-likeness (QED) is 0.470. The number of hydrogen-bond acceptors (Lipinski definition) is 5. The van der Waals surface area contributed by atoms with Crippen LogP contribution in [0.1, 0.15) is 5.56 Å². The van der Waals surface area contributed by atoms with Crippen LogP contribution in [0.15, 0.2) is 60.9 Å². The van der Waals surface area contributed by atoms with Crippen LogP contribution in [-0.2, 0) is 0 Å². The van der Waals surface area contributed by atoms with Crippen molar-refractivity contribution in [2.75, 3.05) is 18.5 Å². The number of pyridine rings is 2. The topological polar surface area (TPSA) is 56.3 Å². The maximum Gasteiger partial charge on any atom is 0.161 e. The fourth-order valence-corrected chi connectivity index (χ4v) is 3.77. The van der Waals surface area contributed by atoms with E-state index in [1.165, 1.54) is 0 Å². The van der Waals surface area contributed by atoms with Gasteiger partial charge < -0.3 is 14.8 Å². The molecule has 0 radical (unpaired) electrons. The average molecular weight is 404 g/mol. The van der Waals surface area contributed by atoms with Crippen LogP contribution in [-0.4, -0.2) is 23.2 Å². The fraction of sp³-hybridized carbons (Fsp3) is 0.130. The molecule has 0 amide bonds. The summed E-state index contributed by atoms with van der Waals surface area (Å²) in [5.74, 6) is 2.24. The second kappa shape index (κ2) is 7.26. The van der Waals surface area contributed by atoms with Crippen molar-refractivity contribution in [3.63, 3.8) is 0 Å². The number of nitrogens with zero attached hydrogens (tertiary/aromatic N) is 2. The van der Waals surface area contributed by atoms with Gasteiger partial charge in [-0.3, -0.25) is 4.98 Å². The minimum Gasteiger partial charge on any atom is -0.486 e. The number of ether oxygens (including phenoxy) is 2. The van der Waals surface area contributed by atoms with Crippen molar-refractivity contribution in [2.45, 2.75) is 6.92 Å². The molecule has 0 aliphatic carbocycles. The van der Waals surface area contributed by atoms with Crippen LogP contribution in [0, 0.1) is 6.92 Å². The van der Waals surface area contributed by atoms with Gasteiger partial charge in [-0.25, -0.2) is 4.98 Å². The first-order chi connectivity index (χ1) is 14.2. The molecule has 0 fully saturated rings. The van der Waals surface area contributed by atoms with Gasteiger partial charge in [-0.15, -0.1) is 0 Å². The Balaban J connectivity index is 1.55. The lowest BCUT2D eigenvalue weighted by Gasteiger charge is -2.20. The van der Waals surface area contributed by atoms with E-state index in [-0.39, 0.29) is 0 Å². The Bertz CT molecular complexity index is 1230. The van der Waals surface area contributed by atoms with E-state index in [4.69, 9.17) is 21.1 Å². The predicted octanol–water partition coefficient (Wildman–Crippen LogP) is 5.77. The largest absolute Gasteiger partial charge is 0.486 e. The lowest BCUT2D eigenvalue weighted by Crippen LogP contribution is -2.15. The molecule has 0 bridgehead atoms. The molecule has 6 heteroatoms. The van der Waals surface area contributed by atoms with E-state index in [9.17, 15) is 0 Å². The van der Waals surface area contributed by atoms with Gasteiger partial charge >= 0.3 is 0 Å². The zero-order valence-corrected chi connectivity index (χ0v) is 16.5. The summed E-state index contributed by atoms with van der Waals surface area (Å²) in [5.41, 5.74) is 4.98. The molecule has 0 atom stereocenters. The highest BCUT2D eigenvalue weighted by molar-refractivity contribution is 6.35. The Kier molecular flexibility index (Phi) is 4.45. The van der Waals surface area contributed by atoms with Gasteiger partial charge in [-0.05, 0) is 53.9 Å². The standard InChI is InChI=1S/C23H18ClN3O2/c1-14-16(15-5-6-20-21(13-15)29-12-11-28-20)3-2-4-19(14)27-23-22-17(7-9-26-23)18(24)8-10-25-22/h2-10,13H,11-12H2,1H3,(H,26,27). The minimum atomic E-state index is 0.569. The zero-order chi connectivity index (χ0) is 19.8. The Hall–Kier alpha value is -3.31. The highest BCUT2D eigenvalue weighted by Gasteiger charge is 2.15. The van der Waals surface area contributed by atoms with Gasteiger partial charge in [0, 0.05) is 23.5 Å². The third-order valence-electron chi connectivity index (χ3n) is 5.05.